The molecule has 2 nitrogen and oxygen atoms in total. The van der Waals surface area contributed by atoms with Crippen molar-refractivity contribution in [2.45, 2.75) is 50.8 Å². The first kappa shape index (κ1) is 14.3. The first-order chi connectivity index (χ1) is 7.56. The smallest absolute Gasteiger partial charge is 0.0279 e. The third-order valence-electron chi connectivity index (χ3n) is 4.29. The van der Waals surface area contributed by atoms with Crippen molar-refractivity contribution in [3.63, 3.8) is 0 Å². The van der Waals surface area contributed by atoms with Crippen LogP contribution < -0.4 is 5.73 Å². The van der Waals surface area contributed by atoms with E-state index in [1.165, 1.54) is 38.9 Å². The van der Waals surface area contributed by atoms with Gasteiger partial charge in [-0.05, 0) is 38.0 Å². The Kier molecular flexibility index (Phi) is 5.62. The maximum absolute atomic E-state index is 6.07. The number of piperidine rings is 1. The molecular formula is C13H28N2S. The van der Waals surface area contributed by atoms with Gasteiger partial charge in [-0.1, -0.05) is 20.8 Å². The van der Waals surface area contributed by atoms with Gasteiger partial charge in [0.15, 0.2) is 0 Å². The lowest BCUT2D eigenvalue weighted by molar-refractivity contribution is 0.148. The zero-order valence-corrected chi connectivity index (χ0v) is 12.1. The second-order valence-electron chi connectivity index (χ2n) is 5.26. The van der Waals surface area contributed by atoms with Gasteiger partial charge in [-0.2, -0.15) is 11.8 Å². The molecule has 1 rings (SSSR count). The maximum Gasteiger partial charge on any atom is 0.0279 e. The highest BCUT2D eigenvalue weighted by atomic mass is 32.2. The fourth-order valence-corrected chi connectivity index (χ4v) is 3.52. The summed E-state index contributed by atoms with van der Waals surface area (Å²) in [5.41, 5.74) is 6.07. The summed E-state index contributed by atoms with van der Waals surface area (Å²) in [6, 6.07) is 0.420. The van der Waals surface area contributed by atoms with E-state index in [-0.39, 0.29) is 0 Å². The monoisotopic (exact) mass is 244 g/mol. The zero-order chi connectivity index (χ0) is 12.2. The van der Waals surface area contributed by atoms with E-state index in [0.29, 0.717) is 16.7 Å². The van der Waals surface area contributed by atoms with Crippen molar-refractivity contribution in [1.82, 2.24) is 4.90 Å². The summed E-state index contributed by atoms with van der Waals surface area (Å²) < 4.78 is 0.459. The molecule has 0 spiro atoms. The van der Waals surface area contributed by atoms with E-state index in [4.69, 9.17) is 5.73 Å². The Hall–Kier alpha value is 0.270. The lowest BCUT2D eigenvalue weighted by Crippen LogP contribution is -2.50. The van der Waals surface area contributed by atoms with Crippen molar-refractivity contribution in [3.8, 4) is 0 Å². The van der Waals surface area contributed by atoms with Gasteiger partial charge in [0, 0.05) is 23.9 Å². The van der Waals surface area contributed by atoms with E-state index in [0.717, 1.165) is 0 Å². The lowest BCUT2D eigenvalue weighted by atomic mass is 9.93. The second kappa shape index (κ2) is 6.27. The molecule has 1 heterocycles. The van der Waals surface area contributed by atoms with Gasteiger partial charge in [0.1, 0.15) is 0 Å². The summed E-state index contributed by atoms with van der Waals surface area (Å²) in [4.78, 5) is 2.62. The van der Waals surface area contributed by atoms with Crippen LogP contribution in [0.2, 0.25) is 0 Å². The molecule has 1 aliphatic rings. The average Bonchev–Trinajstić information content (AvgIpc) is 2.31. The summed E-state index contributed by atoms with van der Waals surface area (Å²) in [5.74, 6) is 0.655. The molecule has 2 unspecified atom stereocenters. The zero-order valence-electron chi connectivity index (χ0n) is 11.3. The van der Waals surface area contributed by atoms with Crippen molar-refractivity contribution in [3.05, 3.63) is 0 Å². The molecule has 16 heavy (non-hydrogen) atoms. The molecular weight excluding hydrogens is 216 g/mol. The van der Waals surface area contributed by atoms with E-state index in [1.807, 2.05) is 11.8 Å². The number of hydrogen-bond donors (Lipinski definition) is 1. The van der Waals surface area contributed by atoms with Crippen LogP contribution in [0.5, 0.6) is 0 Å². The van der Waals surface area contributed by atoms with Crippen molar-refractivity contribution in [1.29, 1.82) is 0 Å². The minimum absolute atomic E-state index is 0.420. The number of thioether (sulfide) groups is 1. The first-order valence-corrected chi connectivity index (χ1v) is 7.82. The van der Waals surface area contributed by atoms with Gasteiger partial charge in [-0.15, -0.1) is 0 Å². The van der Waals surface area contributed by atoms with Crippen molar-refractivity contribution >= 4 is 11.8 Å². The minimum Gasteiger partial charge on any atom is -0.327 e. The Bertz CT molecular complexity index is 196. The fourth-order valence-electron chi connectivity index (χ4n) is 2.63. The maximum atomic E-state index is 6.07. The van der Waals surface area contributed by atoms with Crippen LogP contribution in [-0.2, 0) is 0 Å². The van der Waals surface area contributed by atoms with Gasteiger partial charge < -0.3 is 10.6 Å². The van der Waals surface area contributed by atoms with Gasteiger partial charge in [0.25, 0.3) is 0 Å². The molecule has 1 fully saturated rings. The second-order valence-corrected chi connectivity index (χ2v) is 6.53. The van der Waals surface area contributed by atoms with E-state index in [1.54, 1.807) is 0 Å². The van der Waals surface area contributed by atoms with Gasteiger partial charge in [-0.25, -0.2) is 0 Å². The predicted molar refractivity (Wildman–Crippen MR) is 75.0 cm³/mol. The van der Waals surface area contributed by atoms with Crippen LogP contribution in [0.4, 0.5) is 0 Å². The molecule has 0 saturated carbocycles. The fraction of sp³-hybridized carbons (Fsp3) is 1.00. The summed E-state index contributed by atoms with van der Waals surface area (Å²) >= 11 is 2.04. The predicted octanol–water partition coefficient (Wildman–Crippen LogP) is 2.58. The molecule has 96 valence electrons. The van der Waals surface area contributed by atoms with Crippen LogP contribution in [-0.4, -0.2) is 41.6 Å². The van der Waals surface area contributed by atoms with E-state index >= 15 is 0 Å². The van der Waals surface area contributed by atoms with Crippen LogP contribution in [0.3, 0.4) is 0 Å². The molecule has 3 heteroatoms. The molecule has 0 radical (unpaired) electrons. The van der Waals surface area contributed by atoms with Gasteiger partial charge in [0.05, 0.1) is 0 Å². The number of likely N-dealkylation sites (tertiary alicyclic amines) is 1. The highest BCUT2D eigenvalue weighted by Gasteiger charge is 2.31. The molecule has 2 atom stereocenters. The molecule has 1 saturated heterocycles. The molecule has 0 aromatic rings. The molecule has 1 aliphatic heterocycles. The number of nitrogens with two attached hydrogens (primary N) is 1. The van der Waals surface area contributed by atoms with Crippen LogP contribution in [0.1, 0.15) is 40.0 Å². The summed E-state index contributed by atoms with van der Waals surface area (Å²) in [6.45, 7) is 10.5. The molecule has 0 amide bonds. The van der Waals surface area contributed by atoms with E-state index in [2.05, 4.69) is 31.9 Å². The van der Waals surface area contributed by atoms with Crippen molar-refractivity contribution < 1.29 is 0 Å². The molecule has 0 aromatic carbocycles. The van der Waals surface area contributed by atoms with Crippen molar-refractivity contribution in [2.24, 2.45) is 11.7 Å². The third-order valence-corrected chi connectivity index (χ3v) is 5.86. The molecule has 2 N–H and O–H groups in total. The van der Waals surface area contributed by atoms with Gasteiger partial charge >= 0.3 is 0 Å². The Balaban J connectivity index is 2.53. The Morgan fingerprint density at radius 1 is 1.38 bits per heavy atom. The minimum atomic E-state index is 0.420. The highest BCUT2D eigenvalue weighted by Crippen LogP contribution is 2.32. The van der Waals surface area contributed by atoms with Crippen LogP contribution in [0.15, 0.2) is 0 Å². The number of rotatable bonds is 5. The Labute approximate surface area is 105 Å². The Morgan fingerprint density at radius 3 is 2.44 bits per heavy atom. The summed E-state index contributed by atoms with van der Waals surface area (Å²) in [6.07, 6.45) is 5.95. The topological polar surface area (TPSA) is 29.3 Å². The summed E-state index contributed by atoms with van der Waals surface area (Å²) in [7, 11) is 0. The highest BCUT2D eigenvalue weighted by molar-refractivity contribution is 8.00. The number of hydrogen-bond acceptors (Lipinski definition) is 3. The van der Waals surface area contributed by atoms with E-state index in [9.17, 15) is 0 Å². The van der Waals surface area contributed by atoms with Crippen LogP contribution in [0.25, 0.3) is 0 Å². The van der Waals surface area contributed by atoms with Crippen molar-refractivity contribution in [2.75, 3.05) is 25.9 Å². The third kappa shape index (κ3) is 3.38. The SMILES string of the molecule is CCC(CC)(CN1CCC(N)C(C)C1)SC. The molecule has 0 aliphatic carbocycles. The number of nitrogens with zero attached hydrogens (tertiary/aromatic N) is 1. The Morgan fingerprint density at radius 2 is 2.00 bits per heavy atom. The molecule has 0 aromatic heterocycles. The normalized spacial score (nSPS) is 28.3. The standard InChI is InChI=1S/C13H28N2S/c1-5-13(6-2,16-4)10-15-8-7-12(14)11(3)9-15/h11-12H,5-10,14H2,1-4H3. The first-order valence-electron chi connectivity index (χ1n) is 6.60. The van der Waals surface area contributed by atoms with Gasteiger partial charge in [-0.3, -0.25) is 0 Å². The molecule has 0 bridgehead atoms. The quantitative estimate of drug-likeness (QED) is 0.806. The van der Waals surface area contributed by atoms with Gasteiger partial charge in [0.2, 0.25) is 0 Å². The lowest BCUT2D eigenvalue weighted by Gasteiger charge is -2.41. The largest absolute Gasteiger partial charge is 0.327 e. The summed E-state index contributed by atoms with van der Waals surface area (Å²) in [5, 5.41) is 0. The van der Waals surface area contributed by atoms with Crippen LogP contribution >= 0.6 is 11.8 Å². The van der Waals surface area contributed by atoms with Crippen LogP contribution in [0, 0.1) is 5.92 Å². The average molecular weight is 244 g/mol. The van der Waals surface area contributed by atoms with E-state index < -0.39 is 0 Å².